The van der Waals surface area contributed by atoms with Crippen LogP contribution in [0.15, 0.2) is 59.8 Å². The molecule has 0 unspecified atom stereocenters. The Morgan fingerprint density at radius 3 is 2.35 bits per heavy atom. The molecule has 0 saturated heterocycles. The second kappa shape index (κ2) is 7.41. The molecule has 0 bridgehead atoms. The maximum Gasteiger partial charge on any atom is 0.196 e. The maximum absolute atomic E-state index is 14.3. The van der Waals surface area contributed by atoms with E-state index in [1.54, 1.807) is 22.8 Å². The lowest BCUT2D eigenvalue weighted by Crippen LogP contribution is -2.22. The average Bonchev–Trinajstić information content (AvgIpc) is 3.03. The molecule has 2 aromatic carbocycles. The first-order chi connectivity index (χ1) is 12.4. The molecule has 134 valence electrons. The second-order valence-electron chi connectivity index (χ2n) is 6.92. The molecule has 26 heavy (non-hydrogen) atoms. The van der Waals surface area contributed by atoms with Crippen LogP contribution in [0.3, 0.4) is 0 Å². The molecule has 1 aromatic heterocycles. The van der Waals surface area contributed by atoms with Crippen LogP contribution in [0.25, 0.3) is 17.1 Å². The molecule has 0 atom stereocenters. The molecule has 3 aromatic rings. The lowest BCUT2D eigenvalue weighted by atomic mass is 9.92. The van der Waals surface area contributed by atoms with E-state index in [1.165, 1.54) is 17.8 Å². The molecule has 0 fully saturated rings. The zero-order valence-corrected chi connectivity index (χ0v) is 15.8. The largest absolute Gasteiger partial charge is 0.298 e. The van der Waals surface area contributed by atoms with Crippen LogP contribution in [0.1, 0.15) is 20.8 Å². The minimum Gasteiger partial charge on any atom is -0.298 e. The van der Waals surface area contributed by atoms with Crippen molar-refractivity contribution in [1.29, 1.82) is 0 Å². The van der Waals surface area contributed by atoms with Crippen molar-refractivity contribution in [3.63, 3.8) is 0 Å². The highest BCUT2D eigenvalue weighted by Gasteiger charge is 2.24. The Morgan fingerprint density at radius 2 is 1.69 bits per heavy atom. The summed E-state index contributed by atoms with van der Waals surface area (Å²) in [6, 6.07) is 16.0. The third kappa shape index (κ3) is 3.85. The van der Waals surface area contributed by atoms with Crippen molar-refractivity contribution < 1.29 is 9.18 Å². The second-order valence-corrected chi connectivity index (χ2v) is 7.86. The SMILES string of the molecule is CC(C)(C)C(=O)CSc1nnc(-c2ccccc2F)n1-c1ccccc1. The smallest absolute Gasteiger partial charge is 0.196 e. The van der Waals surface area contributed by atoms with Crippen LogP contribution < -0.4 is 0 Å². The van der Waals surface area contributed by atoms with Gasteiger partial charge in [-0.25, -0.2) is 4.39 Å². The Hall–Kier alpha value is -2.47. The summed E-state index contributed by atoms with van der Waals surface area (Å²) in [6.45, 7) is 5.67. The van der Waals surface area contributed by atoms with Gasteiger partial charge in [0, 0.05) is 11.1 Å². The molecule has 1 heterocycles. The Labute approximate surface area is 156 Å². The van der Waals surface area contributed by atoms with Gasteiger partial charge in [0.1, 0.15) is 11.6 Å². The summed E-state index contributed by atoms with van der Waals surface area (Å²) in [5.41, 5.74) is 0.776. The van der Waals surface area contributed by atoms with Crippen LogP contribution in [-0.2, 0) is 4.79 Å². The molecule has 0 amide bonds. The van der Waals surface area contributed by atoms with Crippen LogP contribution >= 0.6 is 11.8 Å². The Bertz CT molecular complexity index is 916. The molecule has 0 spiro atoms. The van der Waals surface area contributed by atoms with Crippen molar-refractivity contribution in [2.24, 2.45) is 5.41 Å². The minimum atomic E-state index is -0.418. The molecular weight excluding hydrogens is 349 g/mol. The highest BCUT2D eigenvalue weighted by Crippen LogP contribution is 2.30. The van der Waals surface area contributed by atoms with E-state index in [-0.39, 0.29) is 17.4 Å². The van der Waals surface area contributed by atoms with Gasteiger partial charge in [-0.3, -0.25) is 9.36 Å². The first-order valence-electron chi connectivity index (χ1n) is 8.30. The standard InChI is InChI=1S/C20H20FN3OS/c1-20(2,3)17(25)13-26-19-23-22-18(15-11-7-8-12-16(15)21)24(19)14-9-5-4-6-10-14/h4-12H,13H2,1-3H3. The highest BCUT2D eigenvalue weighted by molar-refractivity contribution is 7.99. The Balaban J connectivity index is 2.04. The summed E-state index contributed by atoms with van der Waals surface area (Å²) in [5.74, 6) is 0.461. The number of aromatic nitrogens is 3. The topological polar surface area (TPSA) is 47.8 Å². The van der Waals surface area contributed by atoms with Crippen LogP contribution in [0.2, 0.25) is 0 Å². The number of nitrogens with zero attached hydrogens (tertiary/aromatic N) is 3. The van der Waals surface area contributed by atoms with E-state index in [2.05, 4.69) is 10.2 Å². The van der Waals surface area contributed by atoms with Gasteiger partial charge < -0.3 is 0 Å². The normalized spacial score (nSPS) is 11.5. The highest BCUT2D eigenvalue weighted by atomic mass is 32.2. The van der Waals surface area contributed by atoms with Gasteiger partial charge in [0.25, 0.3) is 0 Å². The monoisotopic (exact) mass is 369 g/mol. The molecule has 6 heteroatoms. The van der Waals surface area contributed by atoms with Gasteiger partial charge in [-0.05, 0) is 24.3 Å². The van der Waals surface area contributed by atoms with E-state index in [0.717, 1.165) is 5.69 Å². The molecule has 3 rings (SSSR count). The fourth-order valence-electron chi connectivity index (χ4n) is 2.34. The van der Waals surface area contributed by atoms with Gasteiger partial charge in [-0.1, -0.05) is 62.9 Å². The maximum atomic E-state index is 14.3. The van der Waals surface area contributed by atoms with Crippen LogP contribution in [-0.4, -0.2) is 26.3 Å². The minimum absolute atomic E-state index is 0.123. The van der Waals surface area contributed by atoms with Crippen molar-refractivity contribution in [3.8, 4) is 17.1 Å². The average molecular weight is 369 g/mol. The van der Waals surface area contributed by atoms with Crippen molar-refractivity contribution in [2.45, 2.75) is 25.9 Å². The van der Waals surface area contributed by atoms with Crippen LogP contribution in [0.4, 0.5) is 4.39 Å². The van der Waals surface area contributed by atoms with E-state index in [4.69, 9.17) is 0 Å². The van der Waals surface area contributed by atoms with E-state index < -0.39 is 5.41 Å². The summed E-state index contributed by atoms with van der Waals surface area (Å²) < 4.78 is 16.1. The Morgan fingerprint density at radius 1 is 1.04 bits per heavy atom. The molecule has 0 radical (unpaired) electrons. The third-order valence-electron chi connectivity index (χ3n) is 3.93. The summed E-state index contributed by atoms with van der Waals surface area (Å²) >= 11 is 1.32. The van der Waals surface area contributed by atoms with E-state index in [0.29, 0.717) is 16.5 Å². The summed E-state index contributed by atoms with van der Waals surface area (Å²) in [7, 11) is 0. The van der Waals surface area contributed by atoms with Crippen LogP contribution in [0.5, 0.6) is 0 Å². The molecular formula is C20H20FN3OS. The van der Waals surface area contributed by atoms with E-state index >= 15 is 0 Å². The third-order valence-corrected chi connectivity index (χ3v) is 4.86. The molecule has 4 nitrogen and oxygen atoms in total. The number of hydrogen-bond acceptors (Lipinski definition) is 4. The molecule has 0 saturated carbocycles. The van der Waals surface area contributed by atoms with Gasteiger partial charge in [0.2, 0.25) is 0 Å². The molecule has 0 aliphatic rings. The van der Waals surface area contributed by atoms with Gasteiger partial charge >= 0.3 is 0 Å². The number of benzene rings is 2. The lowest BCUT2D eigenvalue weighted by Gasteiger charge is -2.16. The molecule has 0 aliphatic heterocycles. The first kappa shape index (κ1) is 18.3. The van der Waals surface area contributed by atoms with Gasteiger partial charge in [0.05, 0.1) is 11.3 Å². The number of carbonyl (C=O) groups excluding carboxylic acids is 1. The summed E-state index contributed by atoms with van der Waals surface area (Å²) in [5, 5.41) is 8.99. The quantitative estimate of drug-likeness (QED) is 0.607. The van der Waals surface area contributed by atoms with Gasteiger partial charge in [-0.2, -0.15) is 0 Å². The first-order valence-corrected chi connectivity index (χ1v) is 9.28. The predicted octanol–water partition coefficient (Wildman–Crippen LogP) is 4.78. The van der Waals surface area contributed by atoms with Crippen molar-refractivity contribution in [2.75, 3.05) is 5.75 Å². The van der Waals surface area contributed by atoms with Crippen LogP contribution in [0, 0.1) is 11.2 Å². The zero-order valence-electron chi connectivity index (χ0n) is 14.9. The van der Waals surface area contributed by atoms with E-state index in [9.17, 15) is 9.18 Å². The fraction of sp³-hybridized carbons (Fsp3) is 0.250. The predicted molar refractivity (Wildman–Crippen MR) is 102 cm³/mol. The number of rotatable bonds is 5. The number of Topliss-reactive ketones (excluding diaryl/α,β-unsaturated/α-hetero) is 1. The molecule has 0 aliphatic carbocycles. The number of hydrogen-bond donors (Lipinski definition) is 0. The molecule has 0 N–H and O–H groups in total. The number of ketones is 1. The number of para-hydroxylation sites is 1. The van der Waals surface area contributed by atoms with Gasteiger partial charge in [0.15, 0.2) is 11.0 Å². The van der Waals surface area contributed by atoms with E-state index in [1.807, 2.05) is 51.1 Å². The van der Waals surface area contributed by atoms with Crippen molar-refractivity contribution >= 4 is 17.5 Å². The summed E-state index contributed by atoms with van der Waals surface area (Å²) in [6.07, 6.45) is 0. The van der Waals surface area contributed by atoms with Crippen molar-refractivity contribution in [3.05, 3.63) is 60.4 Å². The number of halogens is 1. The van der Waals surface area contributed by atoms with Crippen molar-refractivity contribution in [1.82, 2.24) is 14.8 Å². The zero-order chi connectivity index (χ0) is 18.7. The lowest BCUT2D eigenvalue weighted by molar-refractivity contribution is -0.123. The Kier molecular flexibility index (Phi) is 5.23. The number of thioether (sulfide) groups is 1. The van der Waals surface area contributed by atoms with Gasteiger partial charge in [-0.15, -0.1) is 10.2 Å². The number of carbonyl (C=O) groups is 1. The summed E-state index contributed by atoms with van der Waals surface area (Å²) in [4.78, 5) is 12.3. The fourth-order valence-corrected chi connectivity index (χ4v) is 3.45.